The highest BCUT2D eigenvalue weighted by Gasteiger charge is 2.12. The van der Waals surface area contributed by atoms with Crippen molar-refractivity contribution in [3.63, 3.8) is 0 Å². The van der Waals surface area contributed by atoms with Crippen LogP contribution in [0.15, 0.2) is 0 Å². The zero-order chi connectivity index (χ0) is 11.0. The Labute approximate surface area is 91.3 Å². The highest BCUT2D eigenvalue weighted by atomic mass is 32.2. The zero-order valence-electron chi connectivity index (χ0n) is 9.04. The number of nitrogens with one attached hydrogen (secondary N) is 2. The maximum Gasteiger partial charge on any atom is 0.213 e. The van der Waals surface area contributed by atoms with Gasteiger partial charge in [0.25, 0.3) is 0 Å². The van der Waals surface area contributed by atoms with Crippen molar-refractivity contribution < 1.29 is 8.42 Å². The molecule has 0 bridgehead atoms. The lowest BCUT2D eigenvalue weighted by Gasteiger charge is -2.13. The lowest BCUT2D eigenvalue weighted by Crippen LogP contribution is -2.37. The van der Waals surface area contributed by atoms with Crippen molar-refractivity contribution in [1.82, 2.24) is 10.0 Å². The Kier molecular flexibility index (Phi) is 7.62. The molecule has 86 valence electrons. The molecular formula is C8H20N2O2S2. The molecule has 0 saturated carbocycles. The third kappa shape index (κ3) is 7.61. The van der Waals surface area contributed by atoms with E-state index in [1.165, 1.54) is 0 Å². The summed E-state index contributed by atoms with van der Waals surface area (Å²) in [6.07, 6.45) is 2.89. The molecule has 6 heteroatoms. The van der Waals surface area contributed by atoms with Crippen LogP contribution in [0.3, 0.4) is 0 Å². The Balaban J connectivity index is 3.83. The van der Waals surface area contributed by atoms with Crippen molar-refractivity contribution in [3.05, 3.63) is 0 Å². The highest BCUT2D eigenvalue weighted by molar-refractivity contribution is 7.98. The third-order valence-electron chi connectivity index (χ3n) is 1.76. The Morgan fingerprint density at radius 3 is 2.57 bits per heavy atom. The van der Waals surface area contributed by atoms with E-state index in [1.807, 2.05) is 13.2 Å². The van der Waals surface area contributed by atoms with Crippen LogP contribution in [0.4, 0.5) is 0 Å². The highest BCUT2D eigenvalue weighted by Crippen LogP contribution is 2.01. The summed E-state index contributed by atoms with van der Waals surface area (Å²) in [5.41, 5.74) is 0. The second kappa shape index (κ2) is 7.50. The van der Waals surface area contributed by atoms with Gasteiger partial charge >= 0.3 is 0 Å². The summed E-state index contributed by atoms with van der Waals surface area (Å²) in [7, 11) is -1.35. The van der Waals surface area contributed by atoms with Gasteiger partial charge < -0.3 is 5.32 Å². The fourth-order valence-corrected chi connectivity index (χ4v) is 2.87. The van der Waals surface area contributed by atoms with E-state index in [2.05, 4.69) is 10.0 Å². The van der Waals surface area contributed by atoms with Crippen LogP contribution in [0.5, 0.6) is 0 Å². The van der Waals surface area contributed by atoms with Crippen LogP contribution >= 0.6 is 11.8 Å². The van der Waals surface area contributed by atoms with E-state index in [9.17, 15) is 8.42 Å². The van der Waals surface area contributed by atoms with Gasteiger partial charge in [0.1, 0.15) is 0 Å². The topological polar surface area (TPSA) is 58.2 Å². The quantitative estimate of drug-likeness (QED) is 0.639. The van der Waals surface area contributed by atoms with Gasteiger partial charge in [-0.25, -0.2) is 13.1 Å². The van der Waals surface area contributed by atoms with Crippen molar-refractivity contribution in [2.75, 3.05) is 31.4 Å². The van der Waals surface area contributed by atoms with E-state index in [4.69, 9.17) is 0 Å². The molecule has 0 aliphatic heterocycles. The molecule has 0 aromatic carbocycles. The van der Waals surface area contributed by atoms with E-state index in [0.717, 1.165) is 12.2 Å². The zero-order valence-corrected chi connectivity index (χ0v) is 10.7. The first-order valence-electron chi connectivity index (χ1n) is 4.65. The average Bonchev–Trinajstić information content (AvgIpc) is 2.11. The first-order valence-corrected chi connectivity index (χ1v) is 7.70. The van der Waals surface area contributed by atoms with Gasteiger partial charge in [-0.2, -0.15) is 11.8 Å². The van der Waals surface area contributed by atoms with Crippen molar-refractivity contribution in [2.24, 2.45) is 0 Å². The van der Waals surface area contributed by atoms with Gasteiger partial charge in [-0.05, 0) is 32.4 Å². The first kappa shape index (κ1) is 14.2. The lowest BCUT2D eigenvalue weighted by molar-refractivity contribution is 0.555. The standard InChI is InChI=1S/C8H20N2O2S2/c1-8(4-6-13-3)10-14(11,12)7-5-9-2/h8-10H,4-7H2,1-3H3. The average molecular weight is 240 g/mol. The molecular weight excluding hydrogens is 220 g/mol. The third-order valence-corrected chi connectivity index (χ3v) is 3.90. The van der Waals surface area contributed by atoms with E-state index in [0.29, 0.717) is 6.54 Å². The number of rotatable bonds is 8. The Hall–Kier alpha value is 0.220. The van der Waals surface area contributed by atoms with E-state index < -0.39 is 10.0 Å². The van der Waals surface area contributed by atoms with Crippen LogP contribution in [0.2, 0.25) is 0 Å². The van der Waals surface area contributed by atoms with Crippen molar-refractivity contribution in [2.45, 2.75) is 19.4 Å². The van der Waals surface area contributed by atoms with Crippen molar-refractivity contribution in [1.29, 1.82) is 0 Å². The molecule has 2 N–H and O–H groups in total. The van der Waals surface area contributed by atoms with Gasteiger partial charge in [0, 0.05) is 12.6 Å². The Morgan fingerprint density at radius 1 is 1.43 bits per heavy atom. The second-order valence-corrected chi connectivity index (χ2v) is 6.08. The molecule has 1 atom stereocenters. The normalized spacial score (nSPS) is 14.2. The van der Waals surface area contributed by atoms with Gasteiger partial charge in [0.05, 0.1) is 5.75 Å². The van der Waals surface area contributed by atoms with Crippen LogP contribution in [0.25, 0.3) is 0 Å². The number of thioether (sulfide) groups is 1. The SMILES string of the molecule is CNCCS(=O)(=O)NC(C)CCSC. The predicted octanol–water partition coefficient (Wildman–Crippen LogP) is 0.267. The fourth-order valence-electron chi connectivity index (χ4n) is 0.955. The summed E-state index contributed by atoms with van der Waals surface area (Å²) in [4.78, 5) is 0. The largest absolute Gasteiger partial charge is 0.319 e. The summed E-state index contributed by atoms with van der Waals surface area (Å²) < 4.78 is 25.5. The molecule has 0 rings (SSSR count). The predicted molar refractivity (Wildman–Crippen MR) is 63.3 cm³/mol. The van der Waals surface area contributed by atoms with Crippen LogP contribution in [-0.4, -0.2) is 45.8 Å². The van der Waals surface area contributed by atoms with Gasteiger partial charge in [-0.1, -0.05) is 0 Å². The van der Waals surface area contributed by atoms with Gasteiger partial charge in [0.2, 0.25) is 10.0 Å². The summed E-state index contributed by atoms with van der Waals surface area (Å²) in [6, 6.07) is 0.0318. The van der Waals surface area contributed by atoms with Gasteiger partial charge in [-0.3, -0.25) is 0 Å². The number of hydrogen-bond donors (Lipinski definition) is 2. The molecule has 0 aliphatic rings. The molecule has 1 unspecified atom stereocenters. The number of hydrogen-bond acceptors (Lipinski definition) is 4. The van der Waals surface area contributed by atoms with Gasteiger partial charge in [-0.15, -0.1) is 0 Å². The summed E-state index contributed by atoms with van der Waals surface area (Å²) in [5, 5.41) is 2.82. The molecule has 14 heavy (non-hydrogen) atoms. The van der Waals surface area contributed by atoms with Gasteiger partial charge in [0.15, 0.2) is 0 Å². The maximum absolute atomic E-state index is 11.4. The molecule has 0 saturated heterocycles. The lowest BCUT2D eigenvalue weighted by atomic mass is 10.3. The minimum atomic E-state index is -3.10. The Bertz CT molecular complexity index is 229. The molecule has 0 amide bonds. The number of sulfonamides is 1. The molecule has 0 aromatic heterocycles. The van der Waals surface area contributed by atoms with E-state index in [1.54, 1.807) is 18.8 Å². The van der Waals surface area contributed by atoms with Crippen molar-refractivity contribution in [3.8, 4) is 0 Å². The molecule has 0 aliphatic carbocycles. The van der Waals surface area contributed by atoms with E-state index >= 15 is 0 Å². The van der Waals surface area contributed by atoms with Crippen LogP contribution in [-0.2, 0) is 10.0 Å². The molecule has 0 spiro atoms. The van der Waals surface area contributed by atoms with Crippen LogP contribution < -0.4 is 10.0 Å². The maximum atomic E-state index is 11.4. The summed E-state index contributed by atoms with van der Waals surface area (Å²) in [5.74, 6) is 1.13. The Morgan fingerprint density at radius 2 is 2.07 bits per heavy atom. The monoisotopic (exact) mass is 240 g/mol. The van der Waals surface area contributed by atoms with Crippen LogP contribution in [0, 0.1) is 0 Å². The summed E-state index contributed by atoms with van der Waals surface area (Å²) >= 11 is 1.73. The molecule has 0 fully saturated rings. The molecule has 0 aromatic rings. The molecule has 4 nitrogen and oxygen atoms in total. The minimum absolute atomic E-state index is 0.0318. The smallest absolute Gasteiger partial charge is 0.213 e. The summed E-state index contributed by atoms with van der Waals surface area (Å²) in [6.45, 7) is 2.39. The fraction of sp³-hybridized carbons (Fsp3) is 1.00. The minimum Gasteiger partial charge on any atom is -0.319 e. The second-order valence-electron chi connectivity index (χ2n) is 3.22. The first-order chi connectivity index (χ1) is 6.52. The van der Waals surface area contributed by atoms with E-state index in [-0.39, 0.29) is 11.8 Å². The molecule has 0 heterocycles. The molecule has 0 radical (unpaired) electrons. The van der Waals surface area contributed by atoms with Crippen LogP contribution in [0.1, 0.15) is 13.3 Å². The van der Waals surface area contributed by atoms with Crippen molar-refractivity contribution >= 4 is 21.8 Å².